The van der Waals surface area contributed by atoms with Crippen LogP contribution >= 0.6 is 0 Å². The van der Waals surface area contributed by atoms with E-state index >= 15 is 0 Å². The molecule has 1 saturated heterocycles. The highest BCUT2D eigenvalue weighted by molar-refractivity contribution is 6.72. The lowest BCUT2D eigenvalue weighted by Gasteiger charge is -2.48. The van der Waals surface area contributed by atoms with Crippen molar-refractivity contribution >= 4 is 19.9 Å². The number of halogens is 2. The highest BCUT2D eigenvalue weighted by Gasteiger charge is 2.50. The normalized spacial score (nSPS) is 18.1. The Balaban J connectivity index is 1.67. The molecule has 42 heavy (non-hydrogen) atoms. The predicted octanol–water partition coefficient (Wildman–Crippen LogP) is 8.49. The maximum atomic E-state index is 13.8. The van der Waals surface area contributed by atoms with Crippen LogP contribution in [0.5, 0.6) is 11.5 Å². The molecule has 3 atom stereocenters. The van der Waals surface area contributed by atoms with Gasteiger partial charge in [-0.15, -0.1) is 0 Å². The van der Waals surface area contributed by atoms with Crippen molar-refractivity contribution in [2.24, 2.45) is 5.92 Å². The van der Waals surface area contributed by atoms with E-state index < -0.39 is 8.32 Å². The molecular formula is C34H43F2NO4Si. The van der Waals surface area contributed by atoms with Gasteiger partial charge in [-0.1, -0.05) is 39.3 Å². The third-order valence-electron chi connectivity index (χ3n) is 8.97. The first-order valence-corrected chi connectivity index (χ1v) is 17.8. The smallest absolute Gasteiger partial charge is 0.233 e. The first kappa shape index (κ1) is 31.7. The summed E-state index contributed by atoms with van der Waals surface area (Å²) in [4.78, 5) is 26.5. The number of carbonyl (C=O) groups is 1. The summed E-state index contributed by atoms with van der Waals surface area (Å²) in [6, 6.07) is 17.0. The van der Waals surface area contributed by atoms with Crippen LogP contribution in [0.15, 0.2) is 66.7 Å². The summed E-state index contributed by atoms with van der Waals surface area (Å²) in [6.07, 6.45) is 3.72. The fourth-order valence-corrected chi connectivity index (χ4v) is 6.41. The van der Waals surface area contributed by atoms with Crippen molar-refractivity contribution in [3.63, 3.8) is 0 Å². The van der Waals surface area contributed by atoms with E-state index in [1.165, 1.54) is 24.3 Å². The van der Waals surface area contributed by atoms with E-state index in [1.807, 2.05) is 13.1 Å². The number of phenols is 1. The molecular weight excluding hydrogens is 552 g/mol. The van der Waals surface area contributed by atoms with Gasteiger partial charge in [-0.05, 0) is 104 Å². The predicted molar refractivity (Wildman–Crippen MR) is 165 cm³/mol. The molecule has 0 saturated carbocycles. The summed E-state index contributed by atoms with van der Waals surface area (Å²) < 4.78 is 33.7. The highest BCUT2D eigenvalue weighted by atomic mass is 28.4. The number of unbranched alkanes of at least 4 members (excludes halogenated alkanes) is 1. The molecule has 226 valence electrons. The third-order valence-corrected chi connectivity index (χ3v) is 12.5. The fraction of sp³-hybridized carbons (Fsp3) is 0.441. The SMILES string of the molecule is CCCCOc1cc(O)ccc1[C@@H]1C(CC[C@H](CC(C)(C)[Si](C)(C)O)c2ccc(F)cc2)C(=O)N1c1ccc(F)cc1. The summed E-state index contributed by atoms with van der Waals surface area (Å²) in [7, 11) is -2.53. The second-order valence-electron chi connectivity index (χ2n) is 12.6. The summed E-state index contributed by atoms with van der Waals surface area (Å²) in [5.41, 5.74) is 2.37. The standard InChI is InChI=1S/C34H43F2NO4Si/c1-6-7-20-41-31-21-28(38)17-19-29(31)32-30(33(39)37(32)27-15-13-26(36)14-16-27)18-10-24(22-34(2,3)42(4,5)40)23-8-11-25(35)12-9-23/h8-9,11-17,19,21,24,30,32,38,40H,6-7,10,18,20,22H2,1-5H3/t24-,30?,32-/m1/s1. The van der Waals surface area contributed by atoms with E-state index in [0.717, 1.165) is 24.0 Å². The molecule has 1 heterocycles. The molecule has 0 radical (unpaired) electrons. The Kier molecular flexibility index (Phi) is 9.78. The number of rotatable bonds is 13. The molecule has 1 aliphatic heterocycles. The van der Waals surface area contributed by atoms with E-state index in [1.54, 1.807) is 47.4 Å². The minimum absolute atomic E-state index is 0.00735. The molecule has 5 nitrogen and oxygen atoms in total. The fourth-order valence-electron chi connectivity index (χ4n) is 5.66. The van der Waals surface area contributed by atoms with Gasteiger partial charge in [0.15, 0.2) is 8.32 Å². The average Bonchev–Trinajstić information content (AvgIpc) is 2.92. The zero-order valence-electron chi connectivity index (χ0n) is 25.2. The zero-order chi connectivity index (χ0) is 30.7. The largest absolute Gasteiger partial charge is 0.508 e. The van der Waals surface area contributed by atoms with Gasteiger partial charge in [-0.25, -0.2) is 8.78 Å². The van der Waals surface area contributed by atoms with Crippen molar-refractivity contribution in [3.8, 4) is 11.5 Å². The van der Waals surface area contributed by atoms with E-state index in [9.17, 15) is 23.5 Å². The molecule has 3 aromatic rings. The first-order valence-electron chi connectivity index (χ1n) is 14.8. The Hall–Kier alpha value is -3.23. The molecule has 0 aromatic heterocycles. The number of carbonyl (C=O) groups excluding carboxylic acids is 1. The van der Waals surface area contributed by atoms with Gasteiger partial charge in [-0.2, -0.15) is 0 Å². The van der Waals surface area contributed by atoms with Crippen molar-refractivity contribution in [1.82, 2.24) is 0 Å². The van der Waals surface area contributed by atoms with Gasteiger partial charge >= 0.3 is 0 Å². The maximum absolute atomic E-state index is 13.8. The first-order chi connectivity index (χ1) is 19.8. The number of hydrogen-bond acceptors (Lipinski definition) is 4. The van der Waals surface area contributed by atoms with Gasteiger partial charge in [0, 0.05) is 17.3 Å². The molecule has 1 aliphatic rings. The topological polar surface area (TPSA) is 70.0 Å². The number of β-lactam (4-membered cyclic amide) rings is 1. The van der Waals surface area contributed by atoms with Crippen molar-refractivity contribution in [1.29, 1.82) is 0 Å². The molecule has 0 spiro atoms. The molecule has 3 aromatic carbocycles. The molecule has 4 rings (SSSR count). The molecule has 0 bridgehead atoms. The van der Waals surface area contributed by atoms with Crippen molar-refractivity contribution in [2.45, 2.75) is 83.0 Å². The summed E-state index contributed by atoms with van der Waals surface area (Å²) in [6.45, 7) is 10.6. The van der Waals surface area contributed by atoms with Crippen LogP contribution in [0.1, 0.15) is 76.0 Å². The van der Waals surface area contributed by atoms with Gasteiger partial charge in [-0.3, -0.25) is 4.79 Å². The zero-order valence-corrected chi connectivity index (χ0v) is 26.2. The van der Waals surface area contributed by atoms with E-state index in [0.29, 0.717) is 37.3 Å². The van der Waals surface area contributed by atoms with Gasteiger partial charge in [0.1, 0.15) is 23.1 Å². The highest BCUT2D eigenvalue weighted by Crippen LogP contribution is 2.51. The Morgan fingerprint density at radius 2 is 1.62 bits per heavy atom. The Morgan fingerprint density at radius 3 is 2.21 bits per heavy atom. The van der Waals surface area contributed by atoms with Crippen molar-refractivity contribution in [2.75, 3.05) is 11.5 Å². The number of phenolic OH excluding ortho intramolecular Hbond substituents is 1. The molecule has 1 unspecified atom stereocenters. The number of amides is 1. The van der Waals surface area contributed by atoms with Crippen LogP contribution in [0.25, 0.3) is 0 Å². The number of aromatic hydroxyl groups is 1. The average molecular weight is 596 g/mol. The lowest BCUT2D eigenvalue weighted by atomic mass is 9.75. The van der Waals surface area contributed by atoms with Crippen LogP contribution < -0.4 is 9.64 Å². The second kappa shape index (κ2) is 13.0. The maximum Gasteiger partial charge on any atom is 0.233 e. The van der Waals surface area contributed by atoms with Crippen LogP contribution in [0.2, 0.25) is 18.1 Å². The van der Waals surface area contributed by atoms with Gasteiger partial charge in [0.05, 0.1) is 18.6 Å². The van der Waals surface area contributed by atoms with Crippen LogP contribution in [0, 0.1) is 17.6 Å². The molecule has 1 amide bonds. The minimum Gasteiger partial charge on any atom is -0.508 e. The number of nitrogens with zero attached hydrogens (tertiary/aromatic N) is 1. The van der Waals surface area contributed by atoms with Crippen LogP contribution in [-0.4, -0.2) is 30.7 Å². The van der Waals surface area contributed by atoms with Gasteiger partial charge < -0.3 is 19.5 Å². The molecule has 1 fully saturated rings. The van der Waals surface area contributed by atoms with Crippen molar-refractivity contribution in [3.05, 3.63) is 89.5 Å². The van der Waals surface area contributed by atoms with E-state index in [-0.39, 0.29) is 46.2 Å². The van der Waals surface area contributed by atoms with Crippen LogP contribution in [-0.2, 0) is 4.79 Å². The summed E-state index contributed by atoms with van der Waals surface area (Å²) in [5, 5.41) is 9.93. The van der Waals surface area contributed by atoms with Gasteiger partial charge in [0.2, 0.25) is 5.91 Å². The lowest BCUT2D eigenvalue weighted by Crippen LogP contribution is -2.55. The van der Waals surface area contributed by atoms with Gasteiger partial charge in [0.25, 0.3) is 0 Å². The van der Waals surface area contributed by atoms with Crippen molar-refractivity contribution < 1.29 is 28.2 Å². The van der Waals surface area contributed by atoms with E-state index in [2.05, 4.69) is 20.8 Å². The lowest BCUT2D eigenvalue weighted by molar-refractivity contribution is -0.130. The second-order valence-corrected chi connectivity index (χ2v) is 17.1. The third kappa shape index (κ3) is 7.04. The summed E-state index contributed by atoms with van der Waals surface area (Å²) in [5.74, 6) is -0.508. The molecule has 8 heteroatoms. The number of benzene rings is 3. The molecule has 0 aliphatic carbocycles. The monoisotopic (exact) mass is 595 g/mol. The van der Waals surface area contributed by atoms with Crippen LogP contribution in [0.4, 0.5) is 14.5 Å². The number of anilines is 1. The Bertz CT molecular complexity index is 1360. The number of ether oxygens (including phenoxy) is 1. The van der Waals surface area contributed by atoms with Crippen LogP contribution in [0.3, 0.4) is 0 Å². The Labute approximate surface area is 249 Å². The number of hydrogen-bond donors (Lipinski definition) is 2. The summed E-state index contributed by atoms with van der Waals surface area (Å²) >= 11 is 0. The molecule has 2 N–H and O–H groups in total. The quantitative estimate of drug-likeness (QED) is 0.118. The van der Waals surface area contributed by atoms with E-state index in [4.69, 9.17) is 4.74 Å². The Morgan fingerprint density at radius 1 is 1.00 bits per heavy atom. The minimum atomic E-state index is -2.53.